The minimum Gasteiger partial charge on any atom is -0.388 e. The van der Waals surface area contributed by atoms with Gasteiger partial charge in [-0.3, -0.25) is 9.20 Å². The highest BCUT2D eigenvalue weighted by Gasteiger charge is 2.16. The molecule has 0 spiro atoms. The first-order valence-corrected chi connectivity index (χ1v) is 5.32. The van der Waals surface area contributed by atoms with Crippen molar-refractivity contribution in [3.8, 4) is 0 Å². The van der Waals surface area contributed by atoms with Crippen molar-refractivity contribution in [2.75, 3.05) is 11.5 Å². The van der Waals surface area contributed by atoms with Gasteiger partial charge < -0.3 is 5.73 Å². The maximum Gasteiger partial charge on any atom is 0.0909 e. The van der Waals surface area contributed by atoms with Crippen LogP contribution in [0.2, 0.25) is 0 Å². The summed E-state index contributed by atoms with van der Waals surface area (Å²) in [6.45, 7) is 1.80. The van der Waals surface area contributed by atoms with E-state index in [0.29, 0.717) is 11.9 Å². The summed E-state index contributed by atoms with van der Waals surface area (Å²) in [6, 6.07) is 0.331. The molecule has 0 bridgehead atoms. The molecule has 1 fully saturated rings. The molecule has 3 nitrogen and oxygen atoms in total. The highest BCUT2D eigenvalue weighted by atomic mass is 32.2. The lowest BCUT2D eigenvalue weighted by Gasteiger charge is -2.17. The van der Waals surface area contributed by atoms with Crippen LogP contribution < -0.4 is 5.73 Å². The summed E-state index contributed by atoms with van der Waals surface area (Å²) in [5.41, 5.74) is 5.43. The lowest BCUT2D eigenvalue weighted by atomic mass is 10.2. The van der Waals surface area contributed by atoms with E-state index in [-0.39, 0.29) is 0 Å². The summed E-state index contributed by atoms with van der Waals surface area (Å²) in [5.74, 6) is 2.23. The molecule has 1 aliphatic heterocycles. The standard InChI is InChI=1S/C7H14N2OS/c1-6(8)9-7-2-4-11(10)5-3-7/h7H,2-5H2,1H3,(H2,8,9). The van der Waals surface area contributed by atoms with Gasteiger partial charge in [0.2, 0.25) is 0 Å². The van der Waals surface area contributed by atoms with Crippen LogP contribution in [0.1, 0.15) is 19.8 Å². The molecule has 1 saturated heterocycles. The van der Waals surface area contributed by atoms with Crippen LogP contribution in [0.25, 0.3) is 0 Å². The monoisotopic (exact) mass is 174 g/mol. The lowest BCUT2D eigenvalue weighted by Crippen LogP contribution is -2.23. The van der Waals surface area contributed by atoms with Crippen molar-refractivity contribution < 1.29 is 4.21 Å². The van der Waals surface area contributed by atoms with Crippen molar-refractivity contribution in [2.45, 2.75) is 25.8 Å². The van der Waals surface area contributed by atoms with Crippen LogP contribution in [-0.4, -0.2) is 27.6 Å². The molecule has 0 radical (unpaired) electrons. The average molecular weight is 174 g/mol. The number of nitrogens with zero attached hydrogens (tertiary/aromatic N) is 1. The molecule has 1 heterocycles. The van der Waals surface area contributed by atoms with Crippen LogP contribution in [0.5, 0.6) is 0 Å². The van der Waals surface area contributed by atoms with Gasteiger partial charge in [-0.15, -0.1) is 0 Å². The van der Waals surface area contributed by atoms with Crippen LogP contribution in [-0.2, 0) is 10.8 Å². The van der Waals surface area contributed by atoms with E-state index in [0.717, 1.165) is 24.3 Å². The Balaban J connectivity index is 2.39. The molecule has 64 valence electrons. The molecule has 2 N–H and O–H groups in total. The van der Waals surface area contributed by atoms with Gasteiger partial charge in [0.15, 0.2) is 0 Å². The second-order valence-electron chi connectivity index (χ2n) is 2.85. The highest BCUT2D eigenvalue weighted by molar-refractivity contribution is 7.85. The van der Waals surface area contributed by atoms with Gasteiger partial charge >= 0.3 is 0 Å². The van der Waals surface area contributed by atoms with Crippen molar-refractivity contribution in [1.29, 1.82) is 0 Å². The van der Waals surface area contributed by atoms with E-state index in [9.17, 15) is 4.21 Å². The third-order valence-corrected chi connectivity index (χ3v) is 3.13. The van der Waals surface area contributed by atoms with Gasteiger partial charge in [-0.1, -0.05) is 0 Å². The molecule has 0 aliphatic carbocycles. The summed E-state index contributed by atoms with van der Waals surface area (Å²) in [4.78, 5) is 4.23. The number of nitrogens with two attached hydrogens (primary N) is 1. The SMILES string of the molecule is CC(N)=NC1CCS(=O)CC1. The maximum absolute atomic E-state index is 10.9. The fraction of sp³-hybridized carbons (Fsp3) is 0.857. The molecular weight excluding hydrogens is 160 g/mol. The molecule has 0 atom stereocenters. The Morgan fingerprint density at radius 1 is 1.55 bits per heavy atom. The topological polar surface area (TPSA) is 55.4 Å². The molecule has 11 heavy (non-hydrogen) atoms. The summed E-state index contributed by atoms with van der Waals surface area (Å²) >= 11 is 0. The van der Waals surface area contributed by atoms with E-state index < -0.39 is 10.8 Å². The number of aliphatic imine (C=N–C) groups is 1. The number of rotatable bonds is 1. The van der Waals surface area contributed by atoms with Crippen LogP contribution in [0.3, 0.4) is 0 Å². The lowest BCUT2D eigenvalue weighted by molar-refractivity contribution is 0.598. The number of amidine groups is 1. The normalized spacial score (nSPS) is 33.7. The van der Waals surface area contributed by atoms with Crippen LogP contribution in [0, 0.1) is 0 Å². The zero-order valence-corrected chi connectivity index (χ0v) is 7.56. The summed E-state index contributed by atoms with van der Waals surface area (Å²) in [5, 5.41) is 0. The van der Waals surface area contributed by atoms with Crippen molar-refractivity contribution in [3.05, 3.63) is 0 Å². The largest absolute Gasteiger partial charge is 0.388 e. The van der Waals surface area contributed by atoms with Crippen molar-refractivity contribution in [2.24, 2.45) is 10.7 Å². The van der Waals surface area contributed by atoms with Crippen molar-refractivity contribution >= 4 is 16.6 Å². The smallest absolute Gasteiger partial charge is 0.0909 e. The molecule has 1 aliphatic rings. The Labute approximate surface area is 69.5 Å². The van der Waals surface area contributed by atoms with Gasteiger partial charge in [0.25, 0.3) is 0 Å². The van der Waals surface area contributed by atoms with Gasteiger partial charge in [-0.05, 0) is 19.8 Å². The fourth-order valence-corrected chi connectivity index (χ4v) is 2.47. The highest BCUT2D eigenvalue weighted by Crippen LogP contribution is 2.12. The second kappa shape index (κ2) is 3.85. The Morgan fingerprint density at radius 3 is 2.55 bits per heavy atom. The molecule has 0 aromatic rings. The zero-order valence-electron chi connectivity index (χ0n) is 6.75. The molecule has 0 saturated carbocycles. The quantitative estimate of drug-likeness (QED) is 0.458. The Kier molecular flexibility index (Phi) is 3.05. The third kappa shape index (κ3) is 3.01. The molecule has 0 aromatic carbocycles. The van der Waals surface area contributed by atoms with Crippen LogP contribution in [0.15, 0.2) is 4.99 Å². The summed E-state index contributed by atoms with van der Waals surface area (Å²) in [6.07, 6.45) is 1.86. The Bertz CT molecular complexity index is 177. The first-order valence-electron chi connectivity index (χ1n) is 3.83. The van der Waals surface area contributed by atoms with Crippen molar-refractivity contribution in [3.63, 3.8) is 0 Å². The summed E-state index contributed by atoms with van der Waals surface area (Å²) in [7, 11) is -0.586. The van der Waals surface area contributed by atoms with E-state index in [1.54, 1.807) is 6.92 Å². The maximum atomic E-state index is 10.9. The first-order chi connectivity index (χ1) is 5.18. The molecule has 0 unspecified atom stereocenters. The van der Waals surface area contributed by atoms with Crippen LogP contribution >= 0.6 is 0 Å². The van der Waals surface area contributed by atoms with Gasteiger partial charge in [0.05, 0.1) is 11.9 Å². The Hall–Kier alpha value is -0.380. The molecular formula is C7H14N2OS. The molecule has 1 rings (SSSR count). The number of hydrogen-bond acceptors (Lipinski definition) is 2. The van der Waals surface area contributed by atoms with Crippen LogP contribution in [0.4, 0.5) is 0 Å². The molecule has 4 heteroatoms. The fourth-order valence-electron chi connectivity index (χ4n) is 1.20. The average Bonchev–Trinajstić information content (AvgIpc) is 1.93. The van der Waals surface area contributed by atoms with Crippen molar-refractivity contribution in [1.82, 2.24) is 0 Å². The van der Waals surface area contributed by atoms with Gasteiger partial charge in [-0.25, -0.2) is 0 Å². The van der Waals surface area contributed by atoms with E-state index in [1.165, 1.54) is 0 Å². The van der Waals surface area contributed by atoms with E-state index in [1.807, 2.05) is 0 Å². The zero-order chi connectivity index (χ0) is 8.27. The van der Waals surface area contributed by atoms with Gasteiger partial charge in [0.1, 0.15) is 0 Å². The Morgan fingerprint density at radius 2 is 2.09 bits per heavy atom. The van der Waals surface area contributed by atoms with E-state index in [2.05, 4.69) is 4.99 Å². The molecule has 0 aromatic heterocycles. The second-order valence-corrected chi connectivity index (χ2v) is 4.55. The minimum absolute atomic E-state index is 0.331. The molecule has 0 amide bonds. The first kappa shape index (κ1) is 8.71. The third-order valence-electron chi connectivity index (χ3n) is 1.74. The van der Waals surface area contributed by atoms with Gasteiger partial charge in [-0.2, -0.15) is 0 Å². The minimum atomic E-state index is -0.586. The summed E-state index contributed by atoms with van der Waals surface area (Å²) < 4.78 is 10.9. The predicted molar refractivity (Wildman–Crippen MR) is 48.2 cm³/mol. The van der Waals surface area contributed by atoms with Gasteiger partial charge in [0, 0.05) is 22.3 Å². The predicted octanol–water partition coefficient (Wildman–Crippen LogP) is 0.275. The van der Waals surface area contributed by atoms with E-state index >= 15 is 0 Å². The number of hydrogen-bond donors (Lipinski definition) is 1. The van der Waals surface area contributed by atoms with E-state index in [4.69, 9.17) is 5.73 Å².